The Morgan fingerprint density at radius 3 is 2.17 bits per heavy atom. The first-order valence-electron chi connectivity index (χ1n) is 5.17. The van der Waals surface area contributed by atoms with Crippen molar-refractivity contribution in [3.8, 4) is 0 Å². The lowest BCUT2D eigenvalue weighted by atomic mass is 9.78. The molecule has 1 atom stereocenters. The fourth-order valence-electron chi connectivity index (χ4n) is 1.54. The predicted molar refractivity (Wildman–Crippen MR) is 56.4 cm³/mol. The zero-order valence-electron chi connectivity index (χ0n) is 9.41. The maximum Gasteiger partial charge on any atom is -0.00185 e. The van der Waals surface area contributed by atoms with Crippen LogP contribution < -0.4 is 5.32 Å². The maximum absolute atomic E-state index is 3.28. The molecule has 0 aliphatic rings. The van der Waals surface area contributed by atoms with Gasteiger partial charge in [-0.15, -0.1) is 0 Å². The Hall–Kier alpha value is -0.0400. The molecule has 0 fully saturated rings. The Kier molecular flexibility index (Phi) is 5.56. The molecule has 0 saturated heterocycles. The standard InChI is InChI=1S/C11H25N/c1-6-7-8-10(9-12-5)11(2,3)4/h10,12H,6-9H2,1-5H3. The summed E-state index contributed by atoms with van der Waals surface area (Å²) in [6, 6.07) is 0. The summed E-state index contributed by atoms with van der Waals surface area (Å²) < 4.78 is 0. The van der Waals surface area contributed by atoms with Gasteiger partial charge in [0.2, 0.25) is 0 Å². The Morgan fingerprint density at radius 1 is 1.25 bits per heavy atom. The average Bonchev–Trinajstić information content (AvgIpc) is 1.95. The molecule has 0 aliphatic heterocycles. The van der Waals surface area contributed by atoms with Crippen LogP contribution in [-0.4, -0.2) is 13.6 Å². The van der Waals surface area contributed by atoms with E-state index in [-0.39, 0.29) is 0 Å². The van der Waals surface area contributed by atoms with Crippen LogP contribution in [0.1, 0.15) is 47.0 Å². The molecule has 0 bridgehead atoms. The Bertz CT molecular complexity index is 102. The second-order valence-corrected chi connectivity index (χ2v) is 4.76. The molecule has 0 aromatic heterocycles. The molecular weight excluding hydrogens is 146 g/mol. The fraction of sp³-hybridized carbons (Fsp3) is 1.00. The third-order valence-corrected chi connectivity index (χ3v) is 2.58. The molecule has 1 N–H and O–H groups in total. The monoisotopic (exact) mass is 171 g/mol. The van der Waals surface area contributed by atoms with Gasteiger partial charge in [0.15, 0.2) is 0 Å². The third-order valence-electron chi connectivity index (χ3n) is 2.58. The van der Waals surface area contributed by atoms with Gasteiger partial charge in [-0.25, -0.2) is 0 Å². The summed E-state index contributed by atoms with van der Waals surface area (Å²) in [5.74, 6) is 0.822. The molecule has 74 valence electrons. The first-order valence-corrected chi connectivity index (χ1v) is 5.17. The second kappa shape index (κ2) is 5.58. The van der Waals surface area contributed by atoms with Crippen LogP contribution in [0.3, 0.4) is 0 Å². The minimum Gasteiger partial charge on any atom is -0.319 e. The summed E-state index contributed by atoms with van der Waals surface area (Å²) in [7, 11) is 2.05. The summed E-state index contributed by atoms with van der Waals surface area (Å²) in [6.07, 6.45) is 4.04. The zero-order chi connectivity index (χ0) is 9.61. The van der Waals surface area contributed by atoms with Gasteiger partial charge in [0.05, 0.1) is 0 Å². The smallest absolute Gasteiger partial charge is 0.00185 e. The van der Waals surface area contributed by atoms with Crippen LogP contribution in [-0.2, 0) is 0 Å². The molecule has 1 unspecified atom stereocenters. The van der Waals surface area contributed by atoms with Crippen molar-refractivity contribution in [2.45, 2.75) is 47.0 Å². The van der Waals surface area contributed by atoms with Crippen molar-refractivity contribution in [1.29, 1.82) is 0 Å². The second-order valence-electron chi connectivity index (χ2n) is 4.76. The zero-order valence-corrected chi connectivity index (χ0v) is 9.41. The van der Waals surface area contributed by atoms with Crippen LogP contribution in [0.15, 0.2) is 0 Å². The van der Waals surface area contributed by atoms with E-state index < -0.39 is 0 Å². The van der Waals surface area contributed by atoms with Gasteiger partial charge >= 0.3 is 0 Å². The van der Waals surface area contributed by atoms with Crippen molar-refractivity contribution in [2.75, 3.05) is 13.6 Å². The number of nitrogens with one attached hydrogen (secondary N) is 1. The van der Waals surface area contributed by atoms with Crippen LogP contribution in [0.4, 0.5) is 0 Å². The van der Waals surface area contributed by atoms with Gasteiger partial charge in [-0.05, 0) is 31.3 Å². The van der Waals surface area contributed by atoms with Crippen molar-refractivity contribution in [3.05, 3.63) is 0 Å². The Labute approximate surface area is 77.9 Å². The van der Waals surface area contributed by atoms with E-state index in [1.54, 1.807) is 0 Å². The first kappa shape index (κ1) is 12.0. The predicted octanol–water partition coefficient (Wildman–Crippen LogP) is 3.06. The summed E-state index contributed by atoms with van der Waals surface area (Å²) in [5.41, 5.74) is 0.457. The van der Waals surface area contributed by atoms with E-state index in [0.717, 1.165) is 12.5 Å². The van der Waals surface area contributed by atoms with Crippen LogP contribution in [0.5, 0.6) is 0 Å². The molecule has 12 heavy (non-hydrogen) atoms. The highest BCUT2D eigenvalue weighted by Gasteiger charge is 2.22. The molecule has 0 saturated carbocycles. The Morgan fingerprint density at radius 2 is 1.83 bits per heavy atom. The summed E-state index contributed by atoms with van der Waals surface area (Å²) in [5, 5.41) is 3.28. The van der Waals surface area contributed by atoms with Gasteiger partial charge in [0.25, 0.3) is 0 Å². The largest absolute Gasteiger partial charge is 0.319 e. The number of rotatable bonds is 5. The first-order chi connectivity index (χ1) is 5.52. The minimum atomic E-state index is 0.457. The maximum atomic E-state index is 3.28. The highest BCUT2D eigenvalue weighted by Crippen LogP contribution is 2.29. The van der Waals surface area contributed by atoms with E-state index in [2.05, 4.69) is 33.0 Å². The lowest BCUT2D eigenvalue weighted by Gasteiger charge is -2.30. The molecule has 0 spiro atoms. The lowest BCUT2D eigenvalue weighted by molar-refractivity contribution is 0.218. The molecule has 0 heterocycles. The highest BCUT2D eigenvalue weighted by molar-refractivity contribution is 4.75. The number of hydrogen-bond donors (Lipinski definition) is 1. The molecule has 0 aromatic carbocycles. The van der Waals surface area contributed by atoms with Crippen molar-refractivity contribution < 1.29 is 0 Å². The minimum absolute atomic E-state index is 0.457. The molecule has 1 heteroatoms. The van der Waals surface area contributed by atoms with Crippen LogP contribution in [0.2, 0.25) is 0 Å². The fourth-order valence-corrected chi connectivity index (χ4v) is 1.54. The quantitative estimate of drug-likeness (QED) is 0.670. The van der Waals surface area contributed by atoms with E-state index in [9.17, 15) is 0 Å². The molecule has 1 nitrogen and oxygen atoms in total. The van der Waals surface area contributed by atoms with Crippen molar-refractivity contribution in [1.82, 2.24) is 5.32 Å². The van der Waals surface area contributed by atoms with Crippen molar-refractivity contribution in [2.24, 2.45) is 11.3 Å². The van der Waals surface area contributed by atoms with Gasteiger partial charge in [-0.1, -0.05) is 40.5 Å². The van der Waals surface area contributed by atoms with E-state index in [4.69, 9.17) is 0 Å². The Balaban J connectivity index is 3.86. The van der Waals surface area contributed by atoms with Crippen LogP contribution >= 0.6 is 0 Å². The topological polar surface area (TPSA) is 12.0 Å². The number of unbranched alkanes of at least 4 members (excludes halogenated alkanes) is 1. The van der Waals surface area contributed by atoms with E-state index in [1.807, 2.05) is 7.05 Å². The normalized spacial score (nSPS) is 14.8. The molecule has 0 aliphatic carbocycles. The van der Waals surface area contributed by atoms with Gasteiger partial charge in [0, 0.05) is 0 Å². The lowest BCUT2D eigenvalue weighted by Crippen LogP contribution is -2.29. The number of hydrogen-bond acceptors (Lipinski definition) is 1. The molecule has 0 rings (SSSR count). The van der Waals surface area contributed by atoms with Gasteiger partial charge in [-0.3, -0.25) is 0 Å². The molecule has 0 aromatic rings. The SMILES string of the molecule is CCCCC(CNC)C(C)(C)C. The average molecular weight is 171 g/mol. The van der Waals surface area contributed by atoms with Crippen LogP contribution in [0.25, 0.3) is 0 Å². The van der Waals surface area contributed by atoms with E-state index in [1.165, 1.54) is 19.3 Å². The summed E-state index contributed by atoms with van der Waals surface area (Å²) in [4.78, 5) is 0. The highest BCUT2D eigenvalue weighted by atomic mass is 14.8. The van der Waals surface area contributed by atoms with Gasteiger partial charge in [-0.2, -0.15) is 0 Å². The van der Waals surface area contributed by atoms with Crippen molar-refractivity contribution in [3.63, 3.8) is 0 Å². The van der Waals surface area contributed by atoms with Gasteiger partial charge in [0.1, 0.15) is 0 Å². The van der Waals surface area contributed by atoms with Gasteiger partial charge < -0.3 is 5.32 Å². The summed E-state index contributed by atoms with van der Waals surface area (Å²) >= 11 is 0. The van der Waals surface area contributed by atoms with Crippen LogP contribution in [0, 0.1) is 11.3 Å². The third kappa shape index (κ3) is 4.76. The molecular formula is C11H25N. The molecule has 0 amide bonds. The molecule has 0 radical (unpaired) electrons. The van der Waals surface area contributed by atoms with E-state index >= 15 is 0 Å². The van der Waals surface area contributed by atoms with Crippen molar-refractivity contribution >= 4 is 0 Å². The van der Waals surface area contributed by atoms with E-state index in [0.29, 0.717) is 5.41 Å². The summed E-state index contributed by atoms with van der Waals surface area (Å²) in [6.45, 7) is 10.4.